The summed E-state index contributed by atoms with van der Waals surface area (Å²) in [6.07, 6.45) is 4.25. The number of hydrogen-bond donors (Lipinski definition) is 1. The van der Waals surface area contributed by atoms with E-state index in [-0.39, 0.29) is 11.3 Å². The molecule has 1 aromatic carbocycles. The molecule has 0 aliphatic carbocycles. The molecule has 0 atom stereocenters. The van der Waals surface area contributed by atoms with Gasteiger partial charge in [0.05, 0.1) is 0 Å². The minimum atomic E-state index is -0.127. The second-order valence-corrected chi connectivity index (χ2v) is 8.36. The van der Waals surface area contributed by atoms with Crippen LogP contribution in [-0.4, -0.2) is 29.1 Å². The van der Waals surface area contributed by atoms with Crippen molar-refractivity contribution in [2.24, 2.45) is 0 Å². The second kappa shape index (κ2) is 8.11. The highest BCUT2D eigenvalue weighted by Crippen LogP contribution is 2.25. The fourth-order valence-corrected chi connectivity index (χ4v) is 3.23. The highest BCUT2D eigenvalue weighted by molar-refractivity contribution is 5.91. The molecule has 0 radical (unpaired) electrons. The van der Waals surface area contributed by atoms with E-state index in [1.165, 1.54) is 18.5 Å². The van der Waals surface area contributed by atoms with Crippen LogP contribution in [-0.2, 0) is 16.6 Å². The van der Waals surface area contributed by atoms with E-state index in [0.717, 1.165) is 24.3 Å². The maximum Gasteiger partial charge on any atom is 0.226 e. The summed E-state index contributed by atoms with van der Waals surface area (Å²) in [6, 6.07) is 6.27. The second-order valence-electron chi connectivity index (χ2n) is 8.36. The molecule has 1 amide bonds. The van der Waals surface area contributed by atoms with E-state index in [1.54, 1.807) is 0 Å². The molecular weight excluding hydrogens is 340 g/mol. The first kappa shape index (κ1) is 19.4. The average molecular weight is 370 g/mol. The molecule has 2 heterocycles. The van der Waals surface area contributed by atoms with Gasteiger partial charge in [-0.3, -0.25) is 4.79 Å². The lowest BCUT2D eigenvalue weighted by molar-refractivity contribution is -0.116. The van der Waals surface area contributed by atoms with Gasteiger partial charge in [0.2, 0.25) is 11.8 Å². The van der Waals surface area contributed by atoms with Crippen molar-refractivity contribution in [3.8, 4) is 0 Å². The highest BCUT2D eigenvalue weighted by Gasteiger charge is 2.21. The van der Waals surface area contributed by atoms with E-state index in [0.29, 0.717) is 31.0 Å². The number of benzene rings is 1. The van der Waals surface area contributed by atoms with Gasteiger partial charge < -0.3 is 14.7 Å². The van der Waals surface area contributed by atoms with Gasteiger partial charge in [0.25, 0.3) is 0 Å². The average Bonchev–Trinajstić information content (AvgIpc) is 3.27. The van der Waals surface area contributed by atoms with Crippen molar-refractivity contribution in [2.75, 3.05) is 23.3 Å². The van der Waals surface area contributed by atoms with Crippen LogP contribution in [0.15, 0.2) is 22.7 Å². The lowest BCUT2D eigenvalue weighted by Crippen LogP contribution is -2.18. The van der Waals surface area contributed by atoms with E-state index in [2.05, 4.69) is 32.5 Å². The summed E-state index contributed by atoms with van der Waals surface area (Å²) in [5, 5.41) is 7.03. The Hall–Kier alpha value is -2.37. The Balaban J connectivity index is 1.48. The number of amides is 1. The van der Waals surface area contributed by atoms with Crippen LogP contribution in [0.25, 0.3) is 0 Å². The van der Waals surface area contributed by atoms with Crippen LogP contribution in [0, 0.1) is 6.92 Å². The van der Waals surface area contributed by atoms with Crippen molar-refractivity contribution in [1.82, 2.24) is 10.1 Å². The number of carbonyl (C=O) groups excluding carboxylic acids is 1. The van der Waals surface area contributed by atoms with E-state index in [4.69, 9.17) is 4.52 Å². The van der Waals surface area contributed by atoms with E-state index in [1.807, 2.05) is 33.8 Å². The number of nitrogens with one attached hydrogen (secondary N) is 1. The molecule has 146 valence electrons. The number of hydrogen-bond acceptors (Lipinski definition) is 5. The number of carbonyl (C=O) groups is 1. The Morgan fingerprint density at radius 3 is 2.63 bits per heavy atom. The predicted octanol–water partition coefficient (Wildman–Crippen LogP) is 4.24. The zero-order valence-corrected chi connectivity index (χ0v) is 16.8. The number of rotatable bonds is 6. The molecule has 6 nitrogen and oxygen atoms in total. The first-order chi connectivity index (χ1) is 12.8. The van der Waals surface area contributed by atoms with E-state index >= 15 is 0 Å². The van der Waals surface area contributed by atoms with Gasteiger partial charge >= 0.3 is 0 Å². The van der Waals surface area contributed by atoms with Gasteiger partial charge in [-0.25, -0.2) is 0 Å². The number of aromatic nitrogens is 2. The fraction of sp³-hybridized carbons (Fsp3) is 0.571. The third-order valence-electron chi connectivity index (χ3n) is 4.89. The van der Waals surface area contributed by atoms with Crippen LogP contribution in [0.2, 0.25) is 0 Å². The standard InChI is InChI=1S/C21H30N4O2/c1-15-14-16(25-12-5-6-13-25)10-11-17(15)22-18(26)8-7-9-19-23-20(24-27-19)21(2,3)4/h10-11,14H,5-9,12-13H2,1-4H3,(H,22,26). The van der Waals surface area contributed by atoms with Crippen LogP contribution < -0.4 is 10.2 Å². The highest BCUT2D eigenvalue weighted by atomic mass is 16.5. The van der Waals surface area contributed by atoms with Crippen LogP contribution in [0.5, 0.6) is 0 Å². The summed E-state index contributed by atoms with van der Waals surface area (Å²) < 4.78 is 5.27. The molecule has 1 fully saturated rings. The van der Waals surface area contributed by atoms with Gasteiger partial charge in [-0.1, -0.05) is 25.9 Å². The molecular formula is C21H30N4O2. The van der Waals surface area contributed by atoms with Crippen molar-refractivity contribution < 1.29 is 9.32 Å². The minimum Gasteiger partial charge on any atom is -0.372 e. The molecule has 0 saturated carbocycles. The van der Waals surface area contributed by atoms with Crippen molar-refractivity contribution >= 4 is 17.3 Å². The number of anilines is 2. The molecule has 2 aromatic rings. The van der Waals surface area contributed by atoms with Gasteiger partial charge in [0.15, 0.2) is 5.82 Å². The maximum atomic E-state index is 12.3. The summed E-state index contributed by atoms with van der Waals surface area (Å²) in [5.74, 6) is 1.32. The molecule has 1 aliphatic heterocycles. The van der Waals surface area contributed by atoms with E-state index in [9.17, 15) is 4.79 Å². The van der Waals surface area contributed by atoms with Crippen LogP contribution in [0.3, 0.4) is 0 Å². The molecule has 1 aromatic heterocycles. The first-order valence-electron chi connectivity index (χ1n) is 9.81. The molecule has 3 rings (SSSR count). The lowest BCUT2D eigenvalue weighted by Gasteiger charge is -2.19. The van der Waals surface area contributed by atoms with Crippen molar-refractivity contribution in [3.63, 3.8) is 0 Å². The molecule has 0 spiro atoms. The van der Waals surface area contributed by atoms with Crippen LogP contribution >= 0.6 is 0 Å². The molecule has 1 aliphatic rings. The van der Waals surface area contributed by atoms with Gasteiger partial charge in [-0.2, -0.15) is 4.98 Å². The van der Waals surface area contributed by atoms with Crippen molar-refractivity contribution in [1.29, 1.82) is 0 Å². The Labute approximate surface area is 161 Å². The van der Waals surface area contributed by atoms with Gasteiger partial charge in [-0.05, 0) is 49.9 Å². The molecule has 1 N–H and O–H groups in total. The van der Waals surface area contributed by atoms with Gasteiger partial charge in [-0.15, -0.1) is 0 Å². The quantitative estimate of drug-likeness (QED) is 0.823. The lowest BCUT2D eigenvalue weighted by atomic mass is 9.96. The summed E-state index contributed by atoms with van der Waals surface area (Å²) in [6.45, 7) is 10.4. The molecule has 6 heteroatoms. The fourth-order valence-electron chi connectivity index (χ4n) is 3.23. The number of nitrogens with zero attached hydrogens (tertiary/aromatic N) is 3. The molecule has 1 saturated heterocycles. The normalized spacial score (nSPS) is 14.6. The van der Waals surface area contributed by atoms with E-state index < -0.39 is 0 Å². The summed E-state index contributed by atoms with van der Waals surface area (Å²) >= 11 is 0. The zero-order chi connectivity index (χ0) is 19.4. The van der Waals surface area contributed by atoms with Gasteiger partial charge in [0.1, 0.15) is 0 Å². The minimum absolute atomic E-state index is 0.0163. The van der Waals surface area contributed by atoms with Gasteiger partial charge in [0, 0.05) is 42.7 Å². The molecule has 0 unspecified atom stereocenters. The first-order valence-corrected chi connectivity index (χ1v) is 9.81. The van der Waals surface area contributed by atoms with Crippen LogP contribution in [0.4, 0.5) is 11.4 Å². The topological polar surface area (TPSA) is 71.3 Å². The number of aryl methyl sites for hydroxylation is 2. The largest absolute Gasteiger partial charge is 0.372 e. The summed E-state index contributed by atoms with van der Waals surface area (Å²) in [4.78, 5) is 19.1. The summed E-state index contributed by atoms with van der Waals surface area (Å²) in [5.41, 5.74) is 3.10. The smallest absolute Gasteiger partial charge is 0.226 e. The van der Waals surface area contributed by atoms with Crippen LogP contribution in [0.1, 0.15) is 63.7 Å². The Bertz CT molecular complexity index is 786. The monoisotopic (exact) mass is 370 g/mol. The maximum absolute atomic E-state index is 12.3. The zero-order valence-electron chi connectivity index (χ0n) is 16.8. The Kier molecular flexibility index (Phi) is 5.82. The molecule has 0 bridgehead atoms. The third-order valence-corrected chi connectivity index (χ3v) is 4.89. The summed E-state index contributed by atoms with van der Waals surface area (Å²) in [7, 11) is 0. The Morgan fingerprint density at radius 2 is 2.00 bits per heavy atom. The molecule has 27 heavy (non-hydrogen) atoms. The third kappa shape index (κ3) is 5.08. The Morgan fingerprint density at radius 1 is 1.26 bits per heavy atom. The predicted molar refractivity (Wildman–Crippen MR) is 107 cm³/mol. The van der Waals surface area contributed by atoms with Crippen molar-refractivity contribution in [3.05, 3.63) is 35.5 Å². The SMILES string of the molecule is Cc1cc(N2CCCC2)ccc1NC(=O)CCCc1nc(C(C)(C)C)no1. The van der Waals surface area contributed by atoms with Crippen molar-refractivity contribution in [2.45, 2.75) is 65.2 Å².